The molecule has 2 rings (SSSR count). The molecule has 2 N–H and O–H groups in total. The quantitative estimate of drug-likeness (QED) is 0.837. The van der Waals surface area contributed by atoms with Gasteiger partial charge in [0.2, 0.25) is 5.91 Å². The number of amides is 1. The Labute approximate surface area is 96.2 Å². The Bertz CT molecular complexity index is 383. The third-order valence-electron chi connectivity index (χ3n) is 3.12. The first-order chi connectivity index (χ1) is 7.68. The van der Waals surface area contributed by atoms with E-state index < -0.39 is 0 Å². The molecule has 0 bridgehead atoms. The fourth-order valence-electron chi connectivity index (χ4n) is 2.05. The molecule has 0 aromatic heterocycles. The van der Waals surface area contributed by atoms with Crippen LogP contribution in [-0.2, 0) is 4.79 Å². The van der Waals surface area contributed by atoms with E-state index >= 15 is 0 Å². The summed E-state index contributed by atoms with van der Waals surface area (Å²) < 4.78 is 0. The van der Waals surface area contributed by atoms with Crippen LogP contribution in [0, 0.1) is 5.92 Å². The third kappa shape index (κ3) is 2.18. The van der Waals surface area contributed by atoms with Gasteiger partial charge in [0, 0.05) is 18.8 Å². The Morgan fingerprint density at radius 2 is 2.00 bits per heavy atom. The van der Waals surface area contributed by atoms with E-state index in [4.69, 9.17) is 5.73 Å². The second-order valence-corrected chi connectivity index (χ2v) is 4.23. The number of benzene rings is 1. The monoisotopic (exact) mass is 217 g/mol. The largest absolute Gasteiger partial charge is 0.372 e. The van der Waals surface area contributed by atoms with Gasteiger partial charge >= 0.3 is 0 Å². The van der Waals surface area contributed by atoms with Crippen molar-refractivity contribution in [3.8, 4) is 0 Å². The first kappa shape index (κ1) is 11.0. The minimum absolute atomic E-state index is 0.349. The van der Waals surface area contributed by atoms with Gasteiger partial charge in [-0.15, -0.1) is 0 Å². The topological polar surface area (TPSA) is 46.3 Å². The van der Waals surface area contributed by atoms with Crippen LogP contribution in [0.3, 0.4) is 0 Å². The van der Waals surface area contributed by atoms with Gasteiger partial charge in [-0.3, -0.25) is 4.79 Å². The molecule has 1 fully saturated rings. The number of primary amides is 1. The first-order valence-corrected chi connectivity index (χ1v) is 5.67. The summed E-state index contributed by atoms with van der Waals surface area (Å²) in [7, 11) is 0. The van der Waals surface area contributed by atoms with Gasteiger partial charge in [0.25, 0.3) is 0 Å². The lowest BCUT2D eigenvalue weighted by molar-refractivity contribution is -0.115. The third-order valence-corrected chi connectivity index (χ3v) is 3.12. The molecule has 1 aliphatic heterocycles. The van der Waals surface area contributed by atoms with Gasteiger partial charge in [-0.2, -0.15) is 0 Å². The molecule has 1 aliphatic rings. The van der Waals surface area contributed by atoms with Crippen molar-refractivity contribution in [1.82, 2.24) is 0 Å². The van der Waals surface area contributed by atoms with Gasteiger partial charge in [-0.05, 0) is 37.5 Å². The molecular weight excluding hydrogens is 200 g/mol. The van der Waals surface area contributed by atoms with Crippen LogP contribution in [-0.4, -0.2) is 19.0 Å². The maximum Gasteiger partial charge on any atom is 0.229 e. The lowest BCUT2D eigenvalue weighted by Gasteiger charge is -2.19. The van der Waals surface area contributed by atoms with Crippen molar-refractivity contribution >= 4 is 11.6 Å². The number of nitrogens with zero attached hydrogens (tertiary/aromatic N) is 1. The molecule has 1 aromatic rings. The molecule has 0 saturated carbocycles. The summed E-state index contributed by atoms with van der Waals surface area (Å²) in [4.78, 5) is 13.4. The van der Waals surface area contributed by atoms with E-state index in [0.717, 1.165) is 18.7 Å². The molecule has 0 spiro atoms. The minimum atomic E-state index is -0.349. The van der Waals surface area contributed by atoms with Crippen LogP contribution in [0.15, 0.2) is 24.3 Å². The maximum atomic E-state index is 11.1. The average molecular weight is 217 g/mol. The van der Waals surface area contributed by atoms with Gasteiger partial charge in [0.15, 0.2) is 0 Å². The molecule has 1 amide bonds. The zero-order valence-electron chi connectivity index (χ0n) is 9.57. The van der Waals surface area contributed by atoms with Crippen LogP contribution < -0.4 is 10.6 Å². The molecule has 1 radical (unpaired) electrons. The van der Waals surface area contributed by atoms with Gasteiger partial charge in [0.05, 0.1) is 5.92 Å². The Hall–Kier alpha value is -1.51. The Kier molecular flexibility index (Phi) is 3.13. The van der Waals surface area contributed by atoms with Crippen molar-refractivity contribution in [1.29, 1.82) is 0 Å². The predicted molar refractivity (Wildman–Crippen MR) is 65.1 cm³/mol. The zero-order chi connectivity index (χ0) is 11.5. The summed E-state index contributed by atoms with van der Waals surface area (Å²) >= 11 is 0. The number of hydrogen-bond donors (Lipinski definition) is 1. The predicted octanol–water partition coefficient (Wildman–Crippen LogP) is 1.71. The summed E-state index contributed by atoms with van der Waals surface area (Å²) in [6.07, 6.45) is 2.51. The van der Waals surface area contributed by atoms with Gasteiger partial charge in [-0.1, -0.05) is 12.1 Å². The first-order valence-electron chi connectivity index (χ1n) is 5.67. The van der Waals surface area contributed by atoms with Crippen molar-refractivity contribution in [2.45, 2.75) is 19.8 Å². The lowest BCUT2D eigenvalue weighted by atomic mass is 10.00. The number of hydrogen-bond acceptors (Lipinski definition) is 2. The molecular formula is C13H17N2O. The van der Waals surface area contributed by atoms with Crippen molar-refractivity contribution in [2.24, 2.45) is 5.73 Å². The smallest absolute Gasteiger partial charge is 0.229 e. The van der Waals surface area contributed by atoms with E-state index in [9.17, 15) is 4.79 Å². The van der Waals surface area contributed by atoms with Crippen LogP contribution in [0.4, 0.5) is 5.69 Å². The van der Waals surface area contributed by atoms with Crippen LogP contribution in [0.2, 0.25) is 0 Å². The molecule has 3 nitrogen and oxygen atoms in total. The van der Waals surface area contributed by atoms with Crippen molar-refractivity contribution < 1.29 is 4.79 Å². The molecule has 3 heteroatoms. The van der Waals surface area contributed by atoms with E-state index in [1.807, 2.05) is 18.2 Å². The summed E-state index contributed by atoms with van der Waals surface area (Å²) in [5, 5.41) is 0. The summed E-state index contributed by atoms with van der Waals surface area (Å²) in [6, 6.07) is 8.05. The molecule has 1 saturated heterocycles. The summed E-state index contributed by atoms with van der Waals surface area (Å²) in [5.74, 6) is 0.277. The van der Waals surface area contributed by atoms with Crippen molar-refractivity contribution in [3.05, 3.63) is 35.7 Å². The van der Waals surface area contributed by atoms with Crippen LogP contribution in [0.5, 0.6) is 0 Å². The highest BCUT2D eigenvalue weighted by Gasteiger charge is 2.16. The van der Waals surface area contributed by atoms with E-state index in [1.54, 1.807) is 6.92 Å². The number of anilines is 1. The van der Waals surface area contributed by atoms with Gasteiger partial charge in [-0.25, -0.2) is 0 Å². The van der Waals surface area contributed by atoms with Gasteiger partial charge in [0.1, 0.15) is 0 Å². The molecule has 0 atom stereocenters. The SMILES string of the molecule is C[C](C(N)=O)c1cccc(N2CCCC2)c1. The molecule has 0 unspecified atom stereocenters. The zero-order valence-corrected chi connectivity index (χ0v) is 9.57. The Balaban J connectivity index is 2.21. The highest BCUT2D eigenvalue weighted by Crippen LogP contribution is 2.24. The molecule has 1 aromatic carbocycles. The van der Waals surface area contributed by atoms with E-state index in [1.165, 1.54) is 18.5 Å². The van der Waals surface area contributed by atoms with Crippen LogP contribution >= 0.6 is 0 Å². The fraction of sp³-hybridized carbons (Fsp3) is 0.385. The Morgan fingerprint density at radius 3 is 2.62 bits per heavy atom. The maximum absolute atomic E-state index is 11.1. The second-order valence-electron chi connectivity index (χ2n) is 4.23. The second kappa shape index (κ2) is 4.56. The highest BCUT2D eigenvalue weighted by molar-refractivity contribution is 5.92. The van der Waals surface area contributed by atoms with Crippen LogP contribution in [0.25, 0.3) is 0 Å². The highest BCUT2D eigenvalue weighted by atomic mass is 16.1. The summed E-state index contributed by atoms with van der Waals surface area (Å²) in [5.41, 5.74) is 7.40. The number of carbonyl (C=O) groups is 1. The standard InChI is InChI=1S/C13H17N2O/c1-10(13(14)16)11-5-4-6-12(9-11)15-7-2-3-8-15/h4-6,9H,2-3,7-8H2,1H3,(H2,14,16). The molecule has 85 valence electrons. The van der Waals surface area contributed by atoms with Crippen molar-refractivity contribution in [3.63, 3.8) is 0 Å². The average Bonchev–Trinajstić information content (AvgIpc) is 2.81. The van der Waals surface area contributed by atoms with E-state index in [2.05, 4.69) is 11.0 Å². The van der Waals surface area contributed by atoms with Crippen LogP contribution in [0.1, 0.15) is 25.3 Å². The van der Waals surface area contributed by atoms with Gasteiger partial charge < -0.3 is 10.6 Å². The number of nitrogens with two attached hydrogens (primary N) is 1. The number of rotatable bonds is 3. The molecule has 16 heavy (non-hydrogen) atoms. The van der Waals surface area contributed by atoms with Crippen molar-refractivity contribution in [2.75, 3.05) is 18.0 Å². The van der Waals surface area contributed by atoms with E-state index in [0.29, 0.717) is 5.92 Å². The normalized spacial score (nSPS) is 15.8. The van der Waals surface area contributed by atoms with E-state index in [-0.39, 0.29) is 5.91 Å². The Morgan fingerprint density at radius 1 is 1.31 bits per heavy atom. The minimum Gasteiger partial charge on any atom is -0.372 e. The number of carbonyl (C=O) groups excluding carboxylic acids is 1. The molecule has 0 aliphatic carbocycles. The fourth-order valence-corrected chi connectivity index (χ4v) is 2.05. The summed E-state index contributed by atoms with van der Waals surface area (Å²) in [6.45, 7) is 3.99. The lowest BCUT2D eigenvalue weighted by Crippen LogP contribution is -2.21. The molecule has 1 heterocycles.